The van der Waals surface area contributed by atoms with Crippen molar-refractivity contribution in [3.8, 4) is 0 Å². The second-order valence-corrected chi connectivity index (χ2v) is 6.99. The highest BCUT2D eigenvalue weighted by atomic mass is 35.5. The van der Waals surface area contributed by atoms with Crippen molar-refractivity contribution in [2.24, 2.45) is 5.92 Å². The average molecular weight is 350 g/mol. The van der Waals surface area contributed by atoms with E-state index in [0.717, 1.165) is 25.9 Å². The SMILES string of the molecule is Cc1cc([N+](=O)[O-])ccc1S(=O)(=O)NCCC1CCNC1.Cl. The van der Waals surface area contributed by atoms with Crippen LogP contribution in [0.15, 0.2) is 23.1 Å². The number of benzene rings is 1. The largest absolute Gasteiger partial charge is 0.316 e. The lowest BCUT2D eigenvalue weighted by Crippen LogP contribution is -2.27. The third kappa shape index (κ3) is 4.64. The Hall–Kier alpha value is -1.22. The standard InChI is InChI=1S/C13H19N3O4S.ClH/c1-10-8-12(16(17)18)2-3-13(10)21(19,20)15-7-5-11-4-6-14-9-11;/h2-3,8,11,14-15H,4-7,9H2,1H3;1H. The molecule has 0 bridgehead atoms. The lowest BCUT2D eigenvalue weighted by molar-refractivity contribution is -0.385. The lowest BCUT2D eigenvalue weighted by Gasteiger charge is -2.11. The van der Waals surface area contributed by atoms with Gasteiger partial charge in [-0.1, -0.05) is 0 Å². The van der Waals surface area contributed by atoms with Crippen molar-refractivity contribution in [3.05, 3.63) is 33.9 Å². The second kappa shape index (κ2) is 7.87. The Kier molecular flexibility index (Phi) is 6.73. The molecule has 1 aromatic rings. The number of nitro groups is 1. The van der Waals surface area contributed by atoms with E-state index in [2.05, 4.69) is 10.0 Å². The zero-order valence-corrected chi connectivity index (χ0v) is 13.9. The summed E-state index contributed by atoms with van der Waals surface area (Å²) in [5.74, 6) is 0.505. The molecule has 0 aromatic heterocycles. The number of halogens is 1. The van der Waals surface area contributed by atoms with Crippen LogP contribution in [0.3, 0.4) is 0 Å². The molecular formula is C13H20ClN3O4S. The molecule has 22 heavy (non-hydrogen) atoms. The van der Waals surface area contributed by atoms with Crippen LogP contribution in [0.4, 0.5) is 5.69 Å². The molecule has 2 rings (SSSR count). The van der Waals surface area contributed by atoms with Gasteiger partial charge in [-0.05, 0) is 50.4 Å². The van der Waals surface area contributed by atoms with Crippen LogP contribution in [0, 0.1) is 23.0 Å². The summed E-state index contributed by atoms with van der Waals surface area (Å²) in [7, 11) is -3.62. The van der Waals surface area contributed by atoms with Crippen LogP contribution in [0.1, 0.15) is 18.4 Å². The van der Waals surface area contributed by atoms with Crippen molar-refractivity contribution >= 4 is 28.1 Å². The number of nitrogens with one attached hydrogen (secondary N) is 2. The quantitative estimate of drug-likeness (QED) is 0.600. The third-order valence-corrected chi connectivity index (χ3v) is 5.29. The zero-order chi connectivity index (χ0) is 15.5. The highest BCUT2D eigenvalue weighted by Crippen LogP contribution is 2.21. The Morgan fingerprint density at radius 2 is 2.18 bits per heavy atom. The highest BCUT2D eigenvalue weighted by molar-refractivity contribution is 7.89. The Labute approximate surface area is 136 Å². The van der Waals surface area contributed by atoms with Crippen LogP contribution in [-0.2, 0) is 10.0 Å². The predicted molar refractivity (Wildman–Crippen MR) is 85.9 cm³/mol. The van der Waals surface area contributed by atoms with Crippen LogP contribution < -0.4 is 10.0 Å². The molecule has 0 spiro atoms. The summed E-state index contributed by atoms with van der Waals surface area (Å²) in [5.41, 5.74) is 0.266. The number of non-ortho nitro benzene ring substituents is 1. The summed E-state index contributed by atoms with van der Waals surface area (Å²) in [4.78, 5) is 10.2. The molecule has 1 heterocycles. The fourth-order valence-electron chi connectivity index (χ4n) is 2.48. The molecule has 1 fully saturated rings. The number of nitro benzene ring substituents is 1. The maximum absolute atomic E-state index is 12.2. The van der Waals surface area contributed by atoms with E-state index in [4.69, 9.17) is 0 Å². The Bertz CT molecular complexity index is 630. The highest BCUT2D eigenvalue weighted by Gasteiger charge is 2.20. The minimum absolute atomic E-state index is 0. The summed E-state index contributed by atoms with van der Waals surface area (Å²) in [6.45, 7) is 3.85. The second-order valence-electron chi connectivity index (χ2n) is 5.25. The van der Waals surface area contributed by atoms with Gasteiger partial charge in [0.2, 0.25) is 10.0 Å². The topological polar surface area (TPSA) is 101 Å². The van der Waals surface area contributed by atoms with E-state index in [1.165, 1.54) is 18.2 Å². The van der Waals surface area contributed by atoms with Gasteiger partial charge >= 0.3 is 0 Å². The summed E-state index contributed by atoms with van der Waals surface area (Å²) in [6.07, 6.45) is 1.86. The zero-order valence-electron chi connectivity index (χ0n) is 12.2. The average Bonchev–Trinajstić information content (AvgIpc) is 2.91. The molecule has 0 saturated carbocycles. The molecule has 0 radical (unpaired) electrons. The molecule has 9 heteroatoms. The van der Waals surface area contributed by atoms with Gasteiger partial charge in [0.1, 0.15) is 0 Å². The normalized spacial score (nSPS) is 18.0. The number of hydrogen-bond acceptors (Lipinski definition) is 5. The van der Waals surface area contributed by atoms with Gasteiger partial charge in [-0.3, -0.25) is 10.1 Å². The molecule has 1 unspecified atom stereocenters. The number of rotatable bonds is 6. The maximum atomic E-state index is 12.2. The monoisotopic (exact) mass is 349 g/mol. The summed E-state index contributed by atoms with van der Waals surface area (Å²) < 4.78 is 27.0. The lowest BCUT2D eigenvalue weighted by atomic mass is 10.1. The van der Waals surface area contributed by atoms with Gasteiger partial charge in [0, 0.05) is 18.7 Å². The van der Waals surface area contributed by atoms with E-state index in [1.807, 2.05) is 0 Å². The number of nitrogens with zero attached hydrogens (tertiary/aromatic N) is 1. The number of hydrogen-bond donors (Lipinski definition) is 2. The van der Waals surface area contributed by atoms with E-state index in [-0.39, 0.29) is 23.0 Å². The van der Waals surface area contributed by atoms with Crippen molar-refractivity contribution in [1.82, 2.24) is 10.0 Å². The van der Waals surface area contributed by atoms with E-state index >= 15 is 0 Å². The van der Waals surface area contributed by atoms with Crippen molar-refractivity contribution in [2.45, 2.75) is 24.7 Å². The summed E-state index contributed by atoms with van der Waals surface area (Å²) in [6, 6.07) is 3.77. The molecule has 1 aromatic carbocycles. The molecule has 0 aliphatic carbocycles. The van der Waals surface area contributed by atoms with Gasteiger partial charge in [0.15, 0.2) is 0 Å². The first kappa shape index (κ1) is 18.8. The van der Waals surface area contributed by atoms with Crippen molar-refractivity contribution in [1.29, 1.82) is 0 Å². The van der Waals surface area contributed by atoms with Gasteiger partial charge in [-0.15, -0.1) is 12.4 Å². The first-order valence-corrected chi connectivity index (χ1v) is 8.34. The molecule has 2 N–H and O–H groups in total. The fraction of sp³-hybridized carbons (Fsp3) is 0.538. The van der Waals surface area contributed by atoms with Crippen LogP contribution >= 0.6 is 12.4 Å². The summed E-state index contributed by atoms with van der Waals surface area (Å²) in [5, 5.41) is 13.9. The molecule has 0 amide bonds. The molecule has 1 aliphatic heterocycles. The smallest absolute Gasteiger partial charge is 0.269 e. The summed E-state index contributed by atoms with van der Waals surface area (Å²) >= 11 is 0. The van der Waals surface area contributed by atoms with Crippen molar-refractivity contribution < 1.29 is 13.3 Å². The van der Waals surface area contributed by atoms with Crippen LogP contribution in [0.5, 0.6) is 0 Å². The van der Waals surface area contributed by atoms with Crippen molar-refractivity contribution in [2.75, 3.05) is 19.6 Å². The molecule has 7 nitrogen and oxygen atoms in total. The predicted octanol–water partition coefficient (Wildman–Crippen LogP) is 1.60. The van der Waals surface area contributed by atoms with Crippen molar-refractivity contribution in [3.63, 3.8) is 0 Å². The van der Waals surface area contributed by atoms with Crippen LogP contribution in [0.2, 0.25) is 0 Å². The Morgan fingerprint density at radius 3 is 2.73 bits per heavy atom. The minimum Gasteiger partial charge on any atom is -0.316 e. The maximum Gasteiger partial charge on any atom is 0.269 e. The molecule has 1 aliphatic rings. The van der Waals surface area contributed by atoms with E-state index in [9.17, 15) is 18.5 Å². The van der Waals surface area contributed by atoms with Gasteiger partial charge < -0.3 is 5.32 Å². The minimum atomic E-state index is -3.62. The first-order chi connectivity index (χ1) is 9.90. The Balaban J connectivity index is 0.00000242. The number of aryl methyl sites for hydroxylation is 1. The van der Waals surface area contributed by atoms with E-state index in [1.54, 1.807) is 6.92 Å². The third-order valence-electron chi connectivity index (χ3n) is 3.67. The van der Waals surface area contributed by atoms with Crippen LogP contribution in [-0.4, -0.2) is 33.0 Å². The molecule has 1 atom stereocenters. The molecular weight excluding hydrogens is 330 g/mol. The first-order valence-electron chi connectivity index (χ1n) is 6.85. The van der Waals surface area contributed by atoms with Gasteiger partial charge in [0.25, 0.3) is 5.69 Å². The van der Waals surface area contributed by atoms with Gasteiger partial charge in [-0.2, -0.15) is 0 Å². The van der Waals surface area contributed by atoms with E-state index < -0.39 is 14.9 Å². The molecule has 124 valence electrons. The Morgan fingerprint density at radius 1 is 1.45 bits per heavy atom. The van der Waals surface area contributed by atoms with E-state index in [0.29, 0.717) is 18.0 Å². The van der Waals surface area contributed by atoms with Gasteiger partial charge in [-0.25, -0.2) is 13.1 Å². The molecule has 1 saturated heterocycles. The van der Waals surface area contributed by atoms with Crippen LogP contribution in [0.25, 0.3) is 0 Å². The van der Waals surface area contributed by atoms with Gasteiger partial charge in [0.05, 0.1) is 9.82 Å². The number of sulfonamides is 1. The fourth-order valence-corrected chi connectivity index (χ4v) is 3.76.